The Bertz CT molecular complexity index is 750. The Hall–Kier alpha value is -2.40. The molecule has 1 N–H and O–H groups in total. The van der Waals surface area contributed by atoms with Crippen LogP contribution in [0, 0.1) is 0 Å². The fourth-order valence-electron chi connectivity index (χ4n) is 2.60. The molecule has 6 heteroatoms. The van der Waals surface area contributed by atoms with Crippen LogP contribution < -0.4 is 19.5 Å². The average molecular weight is 362 g/mol. The van der Waals surface area contributed by atoms with Crippen LogP contribution in [0.5, 0.6) is 17.2 Å². The number of hydrogen-bond acceptors (Lipinski definition) is 4. The van der Waals surface area contributed by atoms with E-state index >= 15 is 0 Å². The van der Waals surface area contributed by atoms with Crippen LogP contribution in [0.3, 0.4) is 0 Å². The van der Waals surface area contributed by atoms with Crippen molar-refractivity contribution in [2.24, 2.45) is 0 Å². The van der Waals surface area contributed by atoms with E-state index < -0.39 is 0 Å². The Balaban J connectivity index is 1.44. The number of halogens is 1. The number of fused-ring (bicyclic) bond motifs is 1. The first-order valence-electron chi connectivity index (χ1n) is 8.13. The van der Waals surface area contributed by atoms with Crippen LogP contribution in [0.1, 0.15) is 12.0 Å². The standard InChI is InChI=1S/C19H20ClNO4/c1-23-16-8-6-13(10-15(16)20)7-9-19(22)21-11-14-12-24-17-4-2-3-5-18(17)25-14/h2-6,8,10,14H,7,9,11-12H2,1H3,(H,21,22). The molecule has 0 spiro atoms. The molecule has 3 rings (SSSR count). The smallest absolute Gasteiger partial charge is 0.220 e. The molecule has 1 unspecified atom stereocenters. The topological polar surface area (TPSA) is 56.8 Å². The van der Waals surface area contributed by atoms with Crippen LogP contribution in [0.2, 0.25) is 5.02 Å². The number of aryl methyl sites for hydroxylation is 1. The van der Waals surface area contributed by atoms with Crippen molar-refractivity contribution in [2.75, 3.05) is 20.3 Å². The Morgan fingerprint density at radius 2 is 2.08 bits per heavy atom. The van der Waals surface area contributed by atoms with Gasteiger partial charge in [-0.05, 0) is 36.2 Å². The second-order valence-electron chi connectivity index (χ2n) is 5.77. The molecule has 2 aromatic carbocycles. The molecule has 25 heavy (non-hydrogen) atoms. The monoisotopic (exact) mass is 361 g/mol. The van der Waals surface area contributed by atoms with Gasteiger partial charge in [0, 0.05) is 6.42 Å². The highest BCUT2D eigenvalue weighted by Gasteiger charge is 2.20. The van der Waals surface area contributed by atoms with E-state index in [1.54, 1.807) is 13.2 Å². The van der Waals surface area contributed by atoms with E-state index in [2.05, 4.69) is 5.32 Å². The van der Waals surface area contributed by atoms with Gasteiger partial charge in [-0.1, -0.05) is 29.8 Å². The molecular weight excluding hydrogens is 342 g/mol. The number of carbonyl (C=O) groups is 1. The number of benzene rings is 2. The number of carbonyl (C=O) groups excluding carboxylic acids is 1. The molecule has 1 heterocycles. The van der Waals surface area contributed by atoms with Crippen LogP contribution in [0.25, 0.3) is 0 Å². The van der Waals surface area contributed by atoms with Crippen molar-refractivity contribution in [1.82, 2.24) is 5.32 Å². The number of nitrogens with one attached hydrogen (secondary N) is 1. The first-order chi connectivity index (χ1) is 12.2. The predicted molar refractivity (Wildman–Crippen MR) is 95.7 cm³/mol. The normalized spacial score (nSPS) is 15.5. The van der Waals surface area contributed by atoms with Crippen molar-refractivity contribution < 1.29 is 19.0 Å². The van der Waals surface area contributed by atoms with Gasteiger partial charge >= 0.3 is 0 Å². The summed E-state index contributed by atoms with van der Waals surface area (Å²) in [5, 5.41) is 3.44. The largest absolute Gasteiger partial charge is 0.495 e. The molecule has 0 fully saturated rings. The van der Waals surface area contributed by atoms with E-state index in [1.165, 1.54) is 0 Å². The fourth-order valence-corrected chi connectivity index (χ4v) is 2.88. The third kappa shape index (κ3) is 4.57. The van der Waals surface area contributed by atoms with Gasteiger partial charge in [0.15, 0.2) is 11.5 Å². The van der Waals surface area contributed by atoms with E-state index in [0.29, 0.717) is 42.5 Å². The van der Waals surface area contributed by atoms with Gasteiger partial charge in [0.2, 0.25) is 5.91 Å². The Morgan fingerprint density at radius 3 is 2.84 bits per heavy atom. The van der Waals surface area contributed by atoms with Gasteiger partial charge in [-0.3, -0.25) is 4.79 Å². The van der Waals surface area contributed by atoms with Gasteiger partial charge in [-0.25, -0.2) is 0 Å². The number of para-hydroxylation sites is 2. The summed E-state index contributed by atoms with van der Waals surface area (Å²) >= 11 is 6.09. The molecule has 1 aliphatic rings. The molecule has 132 valence electrons. The van der Waals surface area contributed by atoms with E-state index in [1.807, 2.05) is 36.4 Å². The molecule has 2 aromatic rings. The minimum absolute atomic E-state index is 0.0330. The van der Waals surface area contributed by atoms with E-state index in [4.69, 9.17) is 25.8 Å². The van der Waals surface area contributed by atoms with Crippen LogP contribution in [-0.4, -0.2) is 32.3 Å². The zero-order valence-corrected chi connectivity index (χ0v) is 14.7. The number of ether oxygens (including phenoxy) is 3. The van der Waals surface area contributed by atoms with Gasteiger partial charge in [-0.15, -0.1) is 0 Å². The third-order valence-corrected chi connectivity index (χ3v) is 4.25. The molecule has 0 saturated carbocycles. The van der Waals surface area contributed by atoms with Crippen molar-refractivity contribution >= 4 is 17.5 Å². The number of methoxy groups -OCH3 is 1. The molecular formula is C19H20ClNO4. The molecule has 0 radical (unpaired) electrons. The molecule has 1 aliphatic heterocycles. The summed E-state index contributed by atoms with van der Waals surface area (Å²) < 4.78 is 16.6. The molecule has 0 aromatic heterocycles. The van der Waals surface area contributed by atoms with Gasteiger partial charge in [0.1, 0.15) is 18.5 Å². The first-order valence-corrected chi connectivity index (χ1v) is 8.51. The molecule has 1 atom stereocenters. The first kappa shape index (κ1) is 17.4. The maximum atomic E-state index is 12.0. The summed E-state index contributed by atoms with van der Waals surface area (Å²) in [6.07, 6.45) is 0.807. The minimum Gasteiger partial charge on any atom is -0.495 e. The van der Waals surface area contributed by atoms with E-state index in [-0.39, 0.29) is 12.0 Å². The number of amides is 1. The van der Waals surface area contributed by atoms with Crippen molar-refractivity contribution in [3.63, 3.8) is 0 Å². The molecule has 1 amide bonds. The van der Waals surface area contributed by atoms with Crippen LogP contribution in [-0.2, 0) is 11.2 Å². The maximum absolute atomic E-state index is 12.0. The van der Waals surface area contributed by atoms with Crippen molar-refractivity contribution in [3.05, 3.63) is 53.1 Å². The lowest BCUT2D eigenvalue weighted by Crippen LogP contribution is -2.40. The highest BCUT2D eigenvalue weighted by molar-refractivity contribution is 6.32. The molecule has 0 aliphatic carbocycles. The van der Waals surface area contributed by atoms with Crippen LogP contribution >= 0.6 is 11.6 Å². The Morgan fingerprint density at radius 1 is 1.28 bits per heavy atom. The minimum atomic E-state index is -0.186. The molecule has 0 saturated heterocycles. The summed E-state index contributed by atoms with van der Waals surface area (Å²) in [6, 6.07) is 13.1. The number of hydrogen-bond donors (Lipinski definition) is 1. The van der Waals surface area contributed by atoms with Gasteiger partial charge in [-0.2, -0.15) is 0 Å². The maximum Gasteiger partial charge on any atom is 0.220 e. The highest BCUT2D eigenvalue weighted by atomic mass is 35.5. The lowest BCUT2D eigenvalue weighted by molar-refractivity contribution is -0.121. The lowest BCUT2D eigenvalue weighted by atomic mass is 10.1. The zero-order chi connectivity index (χ0) is 17.6. The van der Waals surface area contributed by atoms with E-state index in [9.17, 15) is 4.79 Å². The SMILES string of the molecule is COc1ccc(CCC(=O)NCC2COc3ccccc3O2)cc1Cl. The summed E-state index contributed by atoms with van der Waals surface area (Å²) in [5.74, 6) is 2.04. The van der Waals surface area contributed by atoms with Crippen molar-refractivity contribution in [3.8, 4) is 17.2 Å². The van der Waals surface area contributed by atoms with Gasteiger partial charge in [0.05, 0.1) is 18.7 Å². The molecule has 5 nitrogen and oxygen atoms in total. The summed E-state index contributed by atoms with van der Waals surface area (Å²) in [5.41, 5.74) is 0.993. The summed E-state index contributed by atoms with van der Waals surface area (Å²) in [7, 11) is 1.57. The summed E-state index contributed by atoms with van der Waals surface area (Å²) in [6.45, 7) is 0.835. The fraction of sp³-hybridized carbons (Fsp3) is 0.316. The molecule has 0 bridgehead atoms. The van der Waals surface area contributed by atoms with Crippen molar-refractivity contribution in [1.29, 1.82) is 0 Å². The van der Waals surface area contributed by atoms with E-state index in [0.717, 1.165) is 11.3 Å². The lowest BCUT2D eigenvalue weighted by Gasteiger charge is -2.26. The Labute approximate surface area is 151 Å². The second kappa shape index (κ2) is 8.12. The van der Waals surface area contributed by atoms with Gasteiger partial charge in [0.25, 0.3) is 0 Å². The predicted octanol–water partition coefficient (Wildman–Crippen LogP) is 3.24. The number of rotatable bonds is 6. The second-order valence-corrected chi connectivity index (χ2v) is 6.18. The average Bonchev–Trinajstić information content (AvgIpc) is 2.64. The Kier molecular flexibility index (Phi) is 5.66. The summed E-state index contributed by atoms with van der Waals surface area (Å²) in [4.78, 5) is 12.0. The van der Waals surface area contributed by atoms with Crippen LogP contribution in [0.15, 0.2) is 42.5 Å². The quantitative estimate of drug-likeness (QED) is 0.858. The highest BCUT2D eigenvalue weighted by Crippen LogP contribution is 2.30. The van der Waals surface area contributed by atoms with Gasteiger partial charge < -0.3 is 19.5 Å². The zero-order valence-electron chi connectivity index (χ0n) is 14.0. The van der Waals surface area contributed by atoms with Crippen molar-refractivity contribution in [2.45, 2.75) is 18.9 Å². The third-order valence-electron chi connectivity index (χ3n) is 3.95. The van der Waals surface area contributed by atoms with Crippen LogP contribution in [0.4, 0.5) is 0 Å².